The lowest BCUT2D eigenvalue weighted by atomic mass is 10.1. The van der Waals surface area contributed by atoms with Crippen molar-refractivity contribution in [2.75, 3.05) is 11.1 Å². The lowest BCUT2D eigenvalue weighted by molar-refractivity contribution is -0.113. The molecule has 4 heteroatoms. The highest BCUT2D eigenvalue weighted by Gasteiger charge is 2.11. The van der Waals surface area contributed by atoms with E-state index in [0.717, 1.165) is 11.3 Å². The minimum absolute atomic E-state index is 0.0768. The summed E-state index contributed by atoms with van der Waals surface area (Å²) in [6.07, 6.45) is 3.55. The second kappa shape index (κ2) is 6.31. The molecule has 3 rings (SSSR count). The van der Waals surface area contributed by atoms with Crippen molar-refractivity contribution < 1.29 is 9.18 Å². The number of aryl methyl sites for hydroxylation is 2. The van der Waals surface area contributed by atoms with Gasteiger partial charge in [-0.1, -0.05) is 6.07 Å². The predicted octanol–water partition coefficient (Wildman–Crippen LogP) is 4.05. The van der Waals surface area contributed by atoms with Gasteiger partial charge in [0.15, 0.2) is 0 Å². The van der Waals surface area contributed by atoms with Crippen molar-refractivity contribution >= 4 is 23.4 Å². The zero-order valence-electron chi connectivity index (χ0n) is 11.6. The van der Waals surface area contributed by atoms with Crippen LogP contribution in [-0.4, -0.2) is 11.7 Å². The largest absolute Gasteiger partial charge is 0.325 e. The van der Waals surface area contributed by atoms with Gasteiger partial charge in [0.1, 0.15) is 5.82 Å². The highest BCUT2D eigenvalue weighted by molar-refractivity contribution is 8.00. The first-order valence-electron chi connectivity index (χ1n) is 7.01. The molecule has 108 valence electrons. The van der Waals surface area contributed by atoms with E-state index >= 15 is 0 Å². The molecule has 0 saturated heterocycles. The zero-order valence-corrected chi connectivity index (χ0v) is 12.4. The van der Waals surface area contributed by atoms with E-state index in [1.165, 1.54) is 47.9 Å². The minimum Gasteiger partial charge on any atom is -0.325 e. The summed E-state index contributed by atoms with van der Waals surface area (Å²) in [6, 6.07) is 12.2. The molecule has 0 fully saturated rings. The first-order valence-corrected chi connectivity index (χ1v) is 7.99. The van der Waals surface area contributed by atoms with Crippen LogP contribution < -0.4 is 5.32 Å². The summed E-state index contributed by atoms with van der Waals surface area (Å²) in [4.78, 5) is 13.0. The number of thioether (sulfide) groups is 1. The van der Waals surface area contributed by atoms with E-state index in [9.17, 15) is 9.18 Å². The maximum Gasteiger partial charge on any atom is 0.234 e. The number of rotatable bonds is 4. The Balaban J connectivity index is 1.55. The maximum atomic E-state index is 12.8. The van der Waals surface area contributed by atoms with Crippen LogP contribution in [0.2, 0.25) is 0 Å². The Morgan fingerprint density at radius 1 is 1.10 bits per heavy atom. The molecule has 1 aliphatic rings. The summed E-state index contributed by atoms with van der Waals surface area (Å²) in [5.41, 5.74) is 3.48. The molecule has 0 spiro atoms. The number of carbonyl (C=O) groups excluding carboxylic acids is 1. The molecular weight excluding hydrogens is 285 g/mol. The summed E-state index contributed by atoms with van der Waals surface area (Å²) < 4.78 is 12.8. The Labute approximate surface area is 127 Å². The fourth-order valence-corrected chi connectivity index (χ4v) is 3.28. The fraction of sp³-hybridized carbons (Fsp3) is 0.235. The van der Waals surface area contributed by atoms with Gasteiger partial charge in [-0.3, -0.25) is 4.79 Å². The van der Waals surface area contributed by atoms with E-state index in [1.807, 2.05) is 0 Å². The molecule has 0 aromatic heterocycles. The molecule has 2 aromatic rings. The number of nitrogens with one attached hydrogen (secondary N) is 1. The number of fused-ring (bicyclic) bond motifs is 1. The number of carbonyl (C=O) groups is 1. The Kier molecular flexibility index (Phi) is 4.25. The summed E-state index contributed by atoms with van der Waals surface area (Å²) in [6.45, 7) is 0. The van der Waals surface area contributed by atoms with Gasteiger partial charge in [0.2, 0.25) is 5.91 Å². The van der Waals surface area contributed by atoms with Crippen LogP contribution in [0.1, 0.15) is 17.5 Å². The van der Waals surface area contributed by atoms with E-state index in [4.69, 9.17) is 0 Å². The average molecular weight is 301 g/mol. The van der Waals surface area contributed by atoms with Gasteiger partial charge in [-0.2, -0.15) is 0 Å². The van der Waals surface area contributed by atoms with Crippen LogP contribution in [0.3, 0.4) is 0 Å². The second-order valence-corrected chi connectivity index (χ2v) is 6.18. The Bertz CT molecular complexity index is 654. The number of amides is 1. The van der Waals surface area contributed by atoms with E-state index in [2.05, 4.69) is 23.5 Å². The minimum atomic E-state index is -0.305. The van der Waals surface area contributed by atoms with Gasteiger partial charge < -0.3 is 5.32 Å². The number of hydrogen-bond acceptors (Lipinski definition) is 2. The third kappa shape index (κ3) is 3.64. The summed E-state index contributed by atoms with van der Waals surface area (Å²) in [5.74, 6) is -0.0245. The second-order valence-electron chi connectivity index (χ2n) is 5.13. The Morgan fingerprint density at radius 3 is 2.67 bits per heavy atom. The fourth-order valence-electron chi connectivity index (χ4n) is 2.52. The van der Waals surface area contributed by atoms with Crippen molar-refractivity contribution in [1.82, 2.24) is 0 Å². The molecule has 0 saturated carbocycles. The van der Waals surface area contributed by atoms with E-state index in [0.29, 0.717) is 11.4 Å². The van der Waals surface area contributed by atoms with Gasteiger partial charge >= 0.3 is 0 Å². The van der Waals surface area contributed by atoms with Crippen LogP contribution in [0.25, 0.3) is 0 Å². The monoisotopic (exact) mass is 301 g/mol. The van der Waals surface area contributed by atoms with Gasteiger partial charge in [-0.15, -0.1) is 11.8 Å². The summed E-state index contributed by atoms with van der Waals surface area (Å²) in [5, 5.41) is 2.77. The molecule has 0 aliphatic heterocycles. The van der Waals surface area contributed by atoms with Crippen LogP contribution in [0, 0.1) is 5.82 Å². The molecular formula is C17H16FNOS. The van der Waals surface area contributed by atoms with E-state index in [-0.39, 0.29) is 11.7 Å². The van der Waals surface area contributed by atoms with Crippen molar-refractivity contribution in [3.8, 4) is 0 Å². The molecule has 21 heavy (non-hydrogen) atoms. The third-order valence-corrected chi connectivity index (χ3v) is 4.56. The van der Waals surface area contributed by atoms with Crippen molar-refractivity contribution in [3.63, 3.8) is 0 Å². The smallest absolute Gasteiger partial charge is 0.234 e. The molecule has 0 atom stereocenters. The van der Waals surface area contributed by atoms with Crippen molar-refractivity contribution in [2.24, 2.45) is 0 Å². The van der Waals surface area contributed by atoms with Crippen molar-refractivity contribution in [3.05, 3.63) is 59.4 Å². The van der Waals surface area contributed by atoms with Crippen molar-refractivity contribution in [1.29, 1.82) is 0 Å². The number of halogens is 1. The highest BCUT2D eigenvalue weighted by atomic mass is 32.2. The molecule has 0 radical (unpaired) electrons. The molecule has 1 amide bonds. The predicted molar refractivity (Wildman–Crippen MR) is 84.2 cm³/mol. The van der Waals surface area contributed by atoms with Crippen LogP contribution in [0.4, 0.5) is 10.1 Å². The van der Waals surface area contributed by atoms with Crippen LogP contribution in [-0.2, 0) is 17.6 Å². The van der Waals surface area contributed by atoms with Gasteiger partial charge in [0.05, 0.1) is 5.75 Å². The van der Waals surface area contributed by atoms with Crippen LogP contribution >= 0.6 is 11.8 Å². The topological polar surface area (TPSA) is 29.1 Å². The van der Waals surface area contributed by atoms with Crippen molar-refractivity contribution in [2.45, 2.75) is 24.2 Å². The molecule has 1 N–H and O–H groups in total. The summed E-state index contributed by atoms with van der Waals surface area (Å²) >= 11 is 1.53. The Hall–Kier alpha value is -1.81. The molecule has 2 nitrogen and oxygen atoms in total. The van der Waals surface area contributed by atoms with Gasteiger partial charge in [-0.25, -0.2) is 4.39 Å². The van der Waals surface area contributed by atoms with Gasteiger partial charge in [0, 0.05) is 10.6 Å². The first kappa shape index (κ1) is 14.1. The van der Waals surface area contributed by atoms with E-state index in [1.54, 1.807) is 12.1 Å². The molecule has 2 aromatic carbocycles. The van der Waals surface area contributed by atoms with Gasteiger partial charge in [-0.05, 0) is 66.8 Å². The first-order chi connectivity index (χ1) is 10.2. The zero-order chi connectivity index (χ0) is 14.7. The lowest BCUT2D eigenvalue weighted by Gasteiger charge is -2.06. The number of hydrogen-bond donors (Lipinski definition) is 1. The molecule has 0 unspecified atom stereocenters. The lowest BCUT2D eigenvalue weighted by Crippen LogP contribution is -2.13. The molecule has 1 aliphatic carbocycles. The summed E-state index contributed by atoms with van der Waals surface area (Å²) in [7, 11) is 0. The SMILES string of the molecule is O=C(CSc1ccc2c(c1)CCC2)Nc1ccc(F)cc1. The highest BCUT2D eigenvalue weighted by Crippen LogP contribution is 2.27. The number of anilines is 1. The van der Waals surface area contributed by atoms with Crippen LogP contribution in [0.5, 0.6) is 0 Å². The normalized spacial score (nSPS) is 13.0. The van der Waals surface area contributed by atoms with Gasteiger partial charge in [0.25, 0.3) is 0 Å². The average Bonchev–Trinajstić information content (AvgIpc) is 2.95. The quantitative estimate of drug-likeness (QED) is 0.863. The molecule has 0 heterocycles. The third-order valence-electron chi connectivity index (χ3n) is 3.57. The Morgan fingerprint density at radius 2 is 1.86 bits per heavy atom. The molecule has 0 bridgehead atoms. The maximum absolute atomic E-state index is 12.8. The standard InChI is InChI=1S/C17H16FNOS/c18-14-5-7-15(8-6-14)19-17(20)11-21-16-9-4-12-2-1-3-13(12)10-16/h4-10H,1-3,11H2,(H,19,20). The van der Waals surface area contributed by atoms with E-state index < -0.39 is 0 Å². The van der Waals surface area contributed by atoms with Crippen LogP contribution in [0.15, 0.2) is 47.4 Å². The number of benzene rings is 2.